The molecule has 0 radical (unpaired) electrons. The van der Waals surface area contributed by atoms with E-state index in [0.29, 0.717) is 29.3 Å². The SMILES string of the molecule is COc1ccc(CCNC(=O)c2cc(-c3ccc(OC)cc3OC)nc3ccccc23)cc1. The topological polar surface area (TPSA) is 69.7 Å². The molecule has 0 unspecified atom stereocenters. The molecule has 1 N–H and O–H groups in total. The summed E-state index contributed by atoms with van der Waals surface area (Å²) in [6.07, 6.45) is 0.720. The van der Waals surface area contributed by atoms with E-state index in [1.807, 2.05) is 66.7 Å². The van der Waals surface area contributed by atoms with E-state index < -0.39 is 0 Å². The zero-order chi connectivity index (χ0) is 23.2. The monoisotopic (exact) mass is 442 g/mol. The Labute approximate surface area is 193 Å². The van der Waals surface area contributed by atoms with Crippen LogP contribution < -0.4 is 19.5 Å². The van der Waals surface area contributed by atoms with Crippen LogP contribution in [0.2, 0.25) is 0 Å². The summed E-state index contributed by atoms with van der Waals surface area (Å²) in [5.41, 5.74) is 3.89. The van der Waals surface area contributed by atoms with Crippen molar-refractivity contribution in [1.29, 1.82) is 0 Å². The number of amides is 1. The van der Waals surface area contributed by atoms with Crippen molar-refractivity contribution >= 4 is 16.8 Å². The minimum absolute atomic E-state index is 0.143. The molecule has 0 atom stereocenters. The second-order valence-electron chi connectivity index (χ2n) is 7.49. The first-order chi connectivity index (χ1) is 16.1. The molecule has 0 aliphatic heterocycles. The second-order valence-corrected chi connectivity index (χ2v) is 7.49. The van der Waals surface area contributed by atoms with Crippen LogP contribution in [0.5, 0.6) is 17.2 Å². The van der Waals surface area contributed by atoms with E-state index in [2.05, 4.69) is 5.32 Å². The Kier molecular flexibility index (Phi) is 6.74. The fourth-order valence-corrected chi connectivity index (χ4v) is 3.72. The number of carbonyl (C=O) groups is 1. The van der Waals surface area contributed by atoms with Crippen LogP contribution in [-0.4, -0.2) is 38.8 Å². The maximum absolute atomic E-state index is 13.2. The minimum atomic E-state index is -0.143. The maximum atomic E-state index is 13.2. The van der Waals surface area contributed by atoms with Gasteiger partial charge in [0, 0.05) is 23.6 Å². The lowest BCUT2D eigenvalue weighted by molar-refractivity contribution is 0.0955. The number of nitrogens with one attached hydrogen (secondary N) is 1. The molecule has 33 heavy (non-hydrogen) atoms. The molecule has 1 amide bonds. The van der Waals surface area contributed by atoms with Gasteiger partial charge in [0.05, 0.1) is 38.1 Å². The van der Waals surface area contributed by atoms with Gasteiger partial charge in [-0.2, -0.15) is 0 Å². The Morgan fingerprint density at radius 3 is 2.30 bits per heavy atom. The number of para-hydroxylation sites is 1. The number of benzene rings is 3. The van der Waals surface area contributed by atoms with E-state index in [-0.39, 0.29) is 5.91 Å². The van der Waals surface area contributed by atoms with Crippen molar-refractivity contribution in [2.75, 3.05) is 27.9 Å². The van der Waals surface area contributed by atoms with Crippen LogP contribution >= 0.6 is 0 Å². The highest BCUT2D eigenvalue weighted by Gasteiger charge is 2.16. The minimum Gasteiger partial charge on any atom is -0.497 e. The van der Waals surface area contributed by atoms with Gasteiger partial charge in [0.2, 0.25) is 0 Å². The van der Waals surface area contributed by atoms with Crippen molar-refractivity contribution in [3.8, 4) is 28.5 Å². The van der Waals surface area contributed by atoms with Crippen LogP contribution in [0.4, 0.5) is 0 Å². The standard InChI is InChI=1S/C27H26N2O4/c1-31-19-10-8-18(9-11-19)14-15-28-27(30)23-17-25(29-24-7-5-4-6-21(23)24)22-13-12-20(32-2)16-26(22)33-3/h4-13,16-17H,14-15H2,1-3H3,(H,28,30). The Balaban J connectivity index is 1.62. The predicted molar refractivity (Wildman–Crippen MR) is 129 cm³/mol. The fourth-order valence-electron chi connectivity index (χ4n) is 3.72. The van der Waals surface area contributed by atoms with Crippen molar-refractivity contribution in [2.45, 2.75) is 6.42 Å². The summed E-state index contributed by atoms with van der Waals surface area (Å²) in [6.45, 7) is 0.517. The lowest BCUT2D eigenvalue weighted by atomic mass is 10.0. The number of pyridine rings is 1. The van der Waals surface area contributed by atoms with Gasteiger partial charge < -0.3 is 19.5 Å². The zero-order valence-electron chi connectivity index (χ0n) is 18.9. The highest BCUT2D eigenvalue weighted by Crippen LogP contribution is 2.34. The molecule has 0 saturated carbocycles. The summed E-state index contributed by atoms with van der Waals surface area (Å²) in [6, 6.07) is 22.8. The summed E-state index contributed by atoms with van der Waals surface area (Å²) < 4.78 is 16.1. The molecule has 4 aromatic rings. The molecule has 0 spiro atoms. The third kappa shape index (κ3) is 4.90. The van der Waals surface area contributed by atoms with Gasteiger partial charge >= 0.3 is 0 Å². The van der Waals surface area contributed by atoms with Crippen LogP contribution in [0.1, 0.15) is 15.9 Å². The number of aromatic nitrogens is 1. The number of hydrogen-bond donors (Lipinski definition) is 1. The summed E-state index contributed by atoms with van der Waals surface area (Å²) >= 11 is 0. The first-order valence-electron chi connectivity index (χ1n) is 10.7. The number of nitrogens with zero attached hydrogens (tertiary/aromatic N) is 1. The molecule has 0 saturated heterocycles. The molecule has 0 aliphatic carbocycles. The van der Waals surface area contributed by atoms with Crippen molar-refractivity contribution < 1.29 is 19.0 Å². The number of rotatable bonds is 8. The van der Waals surface area contributed by atoms with E-state index in [1.54, 1.807) is 27.4 Å². The summed E-state index contributed by atoms with van der Waals surface area (Å²) in [4.78, 5) is 18.0. The summed E-state index contributed by atoms with van der Waals surface area (Å²) in [5, 5.41) is 3.85. The Bertz CT molecular complexity index is 1270. The third-order valence-electron chi connectivity index (χ3n) is 5.50. The zero-order valence-corrected chi connectivity index (χ0v) is 18.9. The van der Waals surface area contributed by atoms with Crippen LogP contribution in [0, 0.1) is 0 Å². The number of fused-ring (bicyclic) bond motifs is 1. The third-order valence-corrected chi connectivity index (χ3v) is 5.50. The number of ether oxygens (including phenoxy) is 3. The molecule has 1 aromatic heterocycles. The lowest BCUT2D eigenvalue weighted by Crippen LogP contribution is -2.26. The van der Waals surface area contributed by atoms with E-state index in [4.69, 9.17) is 19.2 Å². The van der Waals surface area contributed by atoms with Gasteiger partial charge in [-0.25, -0.2) is 4.98 Å². The van der Waals surface area contributed by atoms with E-state index >= 15 is 0 Å². The molecule has 6 heteroatoms. The van der Waals surface area contributed by atoms with E-state index in [1.165, 1.54) is 0 Å². The largest absolute Gasteiger partial charge is 0.497 e. The normalized spacial score (nSPS) is 10.6. The van der Waals surface area contributed by atoms with Crippen molar-refractivity contribution in [1.82, 2.24) is 10.3 Å². The van der Waals surface area contributed by atoms with Gasteiger partial charge in [-0.1, -0.05) is 30.3 Å². The highest BCUT2D eigenvalue weighted by atomic mass is 16.5. The molecular formula is C27H26N2O4. The van der Waals surface area contributed by atoms with Gasteiger partial charge in [0.25, 0.3) is 5.91 Å². The predicted octanol–water partition coefficient (Wildman–Crippen LogP) is 4.90. The first kappa shape index (κ1) is 22.1. The van der Waals surface area contributed by atoms with Crippen LogP contribution in [0.3, 0.4) is 0 Å². The molecule has 3 aromatic carbocycles. The average Bonchev–Trinajstić information content (AvgIpc) is 2.87. The summed E-state index contributed by atoms with van der Waals surface area (Å²) in [5.74, 6) is 1.99. The Hall–Kier alpha value is -4.06. The van der Waals surface area contributed by atoms with Gasteiger partial charge in [-0.3, -0.25) is 4.79 Å². The molecule has 0 aliphatic rings. The Morgan fingerprint density at radius 1 is 0.848 bits per heavy atom. The smallest absolute Gasteiger partial charge is 0.252 e. The van der Waals surface area contributed by atoms with Crippen LogP contribution in [0.25, 0.3) is 22.2 Å². The quantitative estimate of drug-likeness (QED) is 0.420. The van der Waals surface area contributed by atoms with Crippen LogP contribution in [0.15, 0.2) is 72.8 Å². The maximum Gasteiger partial charge on any atom is 0.252 e. The number of hydrogen-bond acceptors (Lipinski definition) is 5. The molecule has 0 fully saturated rings. The number of methoxy groups -OCH3 is 3. The molecule has 1 heterocycles. The van der Waals surface area contributed by atoms with Gasteiger partial charge in [-0.05, 0) is 48.4 Å². The molecule has 4 rings (SSSR count). The molecule has 6 nitrogen and oxygen atoms in total. The van der Waals surface area contributed by atoms with Crippen molar-refractivity contribution in [3.63, 3.8) is 0 Å². The lowest BCUT2D eigenvalue weighted by Gasteiger charge is -2.13. The number of carbonyl (C=O) groups excluding carboxylic acids is 1. The van der Waals surface area contributed by atoms with Gasteiger partial charge in [0.15, 0.2) is 0 Å². The molecule has 168 valence electrons. The Morgan fingerprint density at radius 2 is 1.58 bits per heavy atom. The van der Waals surface area contributed by atoms with Crippen molar-refractivity contribution in [2.24, 2.45) is 0 Å². The van der Waals surface area contributed by atoms with Gasteiger partial charge in [0.1, 0.15) is 17.2 Å². The van der Waals surface area contributed by atoms with Gasteiger partial charge in [-0.15, -0.1) is 0 Å². The molecular weight excluding hydrogens is 416 g/mol. The van der Waals surface area contributed by atoms with E-state index in [0.717, 1.165) is 34.2 Å². The second kappa shape index (κ2) is 10.0. The first-order valence-corrected chi connectivity index (χ1v) is 10.7. The molecule has 0 bridgehead atoms. The average molecular weight is 443 g/mol. The van der Waals surface area contributed by atoms with E-state index in [9.17, 15) is 4.79 Å². The fraction of sp³-hybridized carbons (Fsp3) is 0.185. The van der Waals surface area contributed by atoms with Crippen LogP contribution in [-0.2, 0) is 6.42 Å². The highest BCUT2D eigenvalue weighted by molar-refractivity contribution is 6.07. The van der Waals surface area contributed by atoms with Crippen molar-refractivity contribution in [3.05, 3.63) is 83.9 Å². The summed E-state index contributed by atoms with van der Waals surface area (Å²) in [7, 11) is 4.85.